The van der Waals surface area contributed by atoms with Crippen molar-refractivity contribution in [2.75, 3.05) is 44.6 Å². The van der Waals surface area contributed by atoms with Gasteiger partial charge in [-0.25, -0.2) is 14.8 Å². The van der Waals surface area contributed by atoms with Gasteiger partial charge in [-0.3, -0.25) is 18.7 Å². The quantitative estimate of drug-likeness (QED) is 0.185. The lowest BCUT2D eigenvalue weighted by molar-refractivity contribution is -0.141. The molecule has 3 amide bonds. The Labute approximate surface area is 276 Å². The molecule has 258 valence electrons. The lowest BCUT2D eigenvalue weighted by Crippen LogP contribution is -2.56. The van der Waals surface area contributed by atoms with Crippen LogP contribution in [-0.2, 0) is 17.5 Å². The molecule has 2 atom stereocenters. The fourth-order valence-corrected chi connectivity index (χ4v) is 5.64. The summed E-state index contributed by atoms with van der Waals surface area (Å²) in [5, 5.41) is 38.3. The number of nitriles is 1. The summed E-state index contributed by atoms with van der Waals surface area (Å²) >= 11 is 0. The summed E-state index contributed by atoms with van der Waals surface area (Å²) < 4.78 is 43.7. The second-order valence-corrected chi connectivity index (χ2v) is 11.2. The summed E-state index contributed by atoms with van der Waals surface area (Å²) in [6.45, 7) is 3.57. The number of β-amino-alcohol motifs (C(OH)–C–C–N with tert-alkyl or cyclic N) is 1. The summed E-state index contributed by atoms with van der Waals surface area (Å²) in [6.07, 6.45) is -0.0229. The molecule has 16 nitrogen and oxygen atoms in total. The van der Waals surface area contributed by atoms with Crippen molar-refractivity contribution in [3.63, 3.8) is 0 Å². The molecular formula is C30H32F3N11O5. The number of aromatic nitrogens is 5. The molecule has 2 fully saturated rings. The number of hydrogen-bond donors (Lipinski definition) is 5. The molecule has 5 N–H and O–H groups in total. The molecule has 0 saturated carbocycles. The molecule has 0 radical (unpaired) electrons. The lowest BCUT2D eigenvalue weighted by atomic mass is 10.1. The lowest BCUT2D eigenvalue weighted by Gasteiger charge is -2.35. The van der Waals surface area contributed by atoms with Crippen LogP contribution in [-0.4, -0.2) is 114 Å². The van der Waals surface area contributed by atoms with Crippen molar-refractivity contribution in [2.45, 2.75) is 31.8 Å². The zero-order valence-corrected chi connectivity index (χ0v) is 26.1. The van der Waals surface area contributed by atoms with Gasteiger partial charge in [0.25, 0.3) is 12.4 Å². The van der Waals surface area contributed by atoms with Crippen molar-refractivity contribution in [3.8, 4) is 17.3 Å². The van der Waals surface area contributed by atoms with Crippen LogP contribution in [0.4, 0.5) is 29.5 Å². The number of amides is 3. The van der Waals surface area contributed by atoms with Crippen molar-refractivity contribution >= 4 is 35.6 Å². The highest BCUT2D eigenvalue weighted by Gasteiger charge is 2.38. The van der Waals surface area contributed by atoms with E-state index in [0.717, 1.165) is 10.9 Å². The number of aryl methyl sites for hydroxylation is 1. The summed E-state index contributed by atoms with van der Waals surface area (Å²) in [4.78, 5) is 46.3. The maximum absolute atomic E-state index is 13.8. The van der Waals surface area contributed by atoms with Gasteiger partial charge in [0, 0.05) is 69.1 Å². The van der Waals surface area contributed by atoms with Crippen LogP contribution in [0.5, 0.6) is 0 Å². The Morgan fingerprint density at radius 3 is 2.51 bits per heavy atom. The first-order chi connectivity index (χ1) is 23.4. The van der Waals surface area contributed by atoms with Crippen molar-refractivity contribution in [2.24, 2.45) is 0 Å². The third-order valence-electron chi connectivity index (χ3n) is 8.03. The molecule has 5 heterocycles. The van der Waals surface area contributed by atoms with Gasteiger partial charge in [-0.15, -0.1) is 0 Å². The van der Waals surface area contributed by atoms with E-state index in [9.17, 15) is 27.9 Å². The van der Waals surface area contributed by atoms with Crippen LogP contribution in [0.25, 0.3) is 16.9 Å². The van der Waals surface area contributed by atoms with E-state index in [1.807, 2.05) is 0 Å². The van der Waals surface area contributed by atoms with Gasteiger partial charge >= 0.3 is 12.2 Å². The Morgan fingerprint density at radius 2 is 1.88 bits per heavy atom. The maximum Gasteiger partial charge on any atom is 0.435 e. The highest BCUT2D eigenvalue weighted by Crippen LogP contribution is 2.37. The maximum atomic E-state index is 13.8. The summed E-state index contributed by atoms with van der Waals surface area (Å²) in [6, 6.07) is 6.33. The van der Waals surface area contributed by atoms with Crippen LogP contribution >= 0.6 is 0 Å². The van der Waals surface area contributed by atoms with E-state index in [1.165, 1.54) is 23.0 Å². The van der Waals surface area contributed by atoms with E-state index >= 15 is 0 Å². The van der Waals surface area contributed by atoms with Crippen LogP contribution in [0.3, 0.4) is 0 Å². The fraction of sp³-hybridized carbons (Fsp3) is 0.367. The predicted octanol–water partition coefficient (Wildman–Crippen LogP) is 1.69. The van der Waals surface area contributed by atoms with Gasteiger partial charge in [-0.05, 0) is 30.7 Å². The average molecular weight is 684 g/mol. The number of alkyl halides is 3. The van der Waals surface area contributed by atoms with E-state index in [1.54, 1.807) is 41.0 Å². The van der Waals surface area contributed by atoms with E-state index in [-0.39, 0.29) is 53.7 Å². The second kappa shape index (κ2) is 14.6. The number of aliphatic hydroxyl groups excluding tert-OH is 1. The number of benzene rings is 1. The average Bonchev–Trinajstić information content (AvgIpc) is 3.80. The van der Waals surface area contributed by atoms with Crippen LogP contribution < -0.4 is 16.0 Å². The molecule has 19 heteroatoms. The Kier molecular flexibility index (Phi) is 10.3. The number of fused-ring (bicyclic) bond motifs is 1. The molecule has 2 aliphatic heterocycles. The van der Waals surface area contributed by atoms with Gasteiger partial charge in [0.15, 0.2) is 17.2 Å². The van der Waals surface area contributed by atoms with Crippen molar-refractivity contribution < 1.29 is 37.8 Å². The van der Waals surface area contributed by atoms with E-state index in [2.05, 4.69) is 31.0 Å². The molecule has 49 heavy (non-hydrogen) atoms. The molecule has 0 unspecified atom stereocenters. The summed E-state index contributed by atoms with van der Waals surface area (Å²) in [5.41, 5.74) is 0.801. The zero-order chi connectivity index (χ0) is 35.3. The molecule has 1 aromatic carbocycles. The molecule has 2 aliphatic rings. The van der Waals surface area contributed by atoms with Crippen molar-refractivity contribution in [1.82, 2.24) is 44.6 Å². The minimum absolute atomic E-state index is 0.125. The van der Waals surface area contributed by atoms with E-state index < -0.39 is 18.0 Å². The molecule has 6 rings (SSSR count). The Morgan fingerprint density at radius 1 is 1.16 bits per heavy atom. The first kappa shape index (κ1) is 34.6. The minimum Gasteiger partial charge on any atom is -0.483 e. The van der Waals surface area contributed by atoms with Crippen LogP contribution in [0.1, 0.15) is 21.6 Å². The number of nitrogens with zero attached hydrogens (tertiary/aromatic N) is 8. The number of carboxylic acid groups (broad SMARTS) is 1. The highest BCUT2D eigenvalue weighted by atomic mass is 19.4. The monoisotopic (exact) mass is 683 g/mol. The number of anilines is 2. The molecular weight excluding hydrogens is 651 g/mol. The number of urea groups is 1. The Balaban J connectivity index is 0.00000151. The minimum atomic E-state index is -4.75. The molecule has 3 aromatic heterocycles. The number of aliphatic hydroxyl groups is 1. The number of nitrogens with one attached hydrogen (secondary N) is 3. The van der Waals surface area contributed by atoms with E-state index in [0.29, 0.717) is 56.1 Å². The largest absolute Gasteiger partial charge is 0.483 e. The highest BCUT2D eigenvalue weighted by molar-refractivity contribution is 5.96. The van der Waals surface area contributed by atoms with Gasteiger partial charge < -0.3 is 36.0 Å². The first-order valence-corrected chi connectivity index (χ1v) is 15.0. The van der Waals surface area contributed by atoms with Gasteiger partial charge in [0.2, 0.25) is 0 Å². The van der Waals surface area contributed by atoms with Crippen LogP contribution in [0, 0.1) is 18.3 Å². The van der Waals surface area contributed by atoms with E-state index in [4.69, 9.17) is 15.2 Å². The number of piperazine rings is 1. The van der Waals surface area contributed by atoms with Gasteiger partial charge in [0.05, 0.1) is 35.7 Å². The number of carbonyl (C=O) groups is 3. The van der Waals surface area contributed by atoms with Gasteiger partial charge in [0.1, 0.15) is 6.54 Å². The molecule has 0 spiro atoms. The predicted molar refractivity (Wildman–Crippen MR) is 167 cm³/mol. The molecule has 2 saturated heterocycles. The normalized spacial score (nSPS) is 17.6. The van der Waals surface area contributed by atoms with Crippen molar-refractivity contribution in [3.05, 3.63) is 59.8 Å². The fourth-order valence-electron chi connectivity index (χ4n) is 5.64. The van der Waals surface area contributed by atoms with Gasteiger partial charge in [-0.1, -0.05) is 0 Å². The van der Waals surface area contributed by atoms with Crippen molar-refractivity contribution in [1.29, 1.82) is 5.26 Å². The SMILES string of the molecule is Cc1cc(Nc2nccn3c(-c4cn(CC#N)nc4C(F)(F)F)cnc23)ccc1C(=O)N1CCN(C(=O)N[C@@H]2CNC[C@H]2O)CC1.O=CO. The third kappa shape index (κ3) is 7.55. The second-order valence-electron chi connectivity index (χ2n) is 11.2. The van der Waals surface area contributed by atoms with Crippen LogP contribution in [0.2, 0.25) is 0 Å². The topological polar surface area (TPSA) is 206 Å². The first-order valence-electron chi connectivity index (χ1n) is 15.0. The van der Waals surface area contributed by atoms with Crippen LogP contribution in [0.15, 0.2) is 43.0 Å². The zero-order valence-electron chi connectivity index (χ0n) is 26.1. The molecule has 0 bridgehead atoms. The Bertz CT molecular complexity index is 1880. The van der Waals surface area contributed by atoms with Gasteiger partial charge in [-0.2, -0.15) is 23.5 Å². The number of halogens is 3. The smallest absolute Gasteiger partial charge is 0.435 e. The standard InChI is InChI=1S/C29H30F3N11O3.CH2O2/c1-17-12-18(2-3-19(17)27(45)40-8-10-41(11-9-40)28(46)38-21-13-34-15-23(21)44)37-25-26-36-14-22(43(26)7-5-35-25)20-16-42(6-4-33)39-24(20)29(30,31)32;2-1-3/h2-3,5,7,12,14,16,21,23,34,44H,6,8-11,13,15H2,1H3,(H,35,37)(H,38,46);1H,(H,2,3)/t21-,23-;/m1./s1. The molecule has 0 aliphatic carbocycles. The number of rotatable bonds is 6. The number of carbonyl (C=O) groups excluding carboxylic acids is 2. The summed E-state index contributed by atoms with van der Waals surface area (Å²) in [5.74, 6) is 0.107. The third-order valence-corrected chi connectivity index (χ3v) is 8.03. The Hall–Kier alpha value is -5.74. The number of imidazole rings is 1. The number of hydrogen-bond acceptors (Lipinski definition) is 10. The summed E-state index contributed by atoms with van der Waals surface area (Å²) in [7, 11) is 0. The molecule has 4 aromatic rings.